The number of rotatable bonds is 5. The molecular weight excluding hydrogens is 284 g/mol. The molecule has 0 aliphatic rings. The van der Waals surface area contributed by atoms with Crippen molar-refractivity contribution in [2.45, 2.75) is 13.0 Å². The van der Waals surface area contributed by atoms with Gasteiger partial charge in [0, 0.05) is 16.3 Å². The van der Waals surface area contributed by atoms with E-state index in [0.717, 1.165) is 15.8 Å². The quantitative estimate of drug-likeness (QED) is 0.860. The van der Waals surface area contributed by atoms with Crippen LogP contribution in [0.3, 0.4) is 0 Å². The van der Waals surface area contributed by atoms with Crippen LogP contribution in [0.25, 0.3) is 0 Å². The van der Waals surface area contributed by atoms with Gasteiger partial charge in [0.25, 0.3) is 0 Å². The Bertz CT molecular complexity index is 613. The van der Waals surface area contributed by atoms with E-state index >= 15 is 0 Å². The van der Waals surface area contributed by atoms with E-state index in [1.165, 1.54) is 30.6 Å². The Hall–Kier alpha value is -1.95. The van der Waals surface area contributed by atoms with E-state index in [-0.39, 0.29) is 18.1 Å². The highest BCUT2D eigenvalue weighted by atomic mass is 32.1. The van der Waals surface area contributed by atoms with Crippen LogP contribution in [0.4, 0.5) is 14.5 Å². The molecule has 1 N–H and O–H groups in total. The van der Waals surface area contributed by atoms with Crippen LogP contribution in [0.15, 0.2) is 30.3 Å². The van der Waals surface area contributed by atoms with Gasteiger partial charge in [0.15, 0.2) is 11.6 Å². The normalized spacial score (nSPS) is 10.3. The van der Waals surface area contributed by atoms with Crippen LogP contribution < -0.4 is 5.32 Å². The summed E-state index contributed by atoms with van der Waals surface area (Å²) in [7, 11) is 1.34. The molecule has 0 saturated carbocycles. The summed E-state index contributed by atoms with van der Waals surface area (Å²) in [4.78, 5) is 12.9. The van der Waals surface area contributed by atoms with Crippen molar-refractivity contribution in [2.75, 3.05) is 12.4 Å². The summed E-state index contributed by atoms with van der Waals surface area (Å²) >= 11 is 1.43. The van der Waals surface area contributed by atoms with E-state index in [0.29, 0.717) is 6.54 Å². The lowest BCUT2D eigenvalue weighted by Crippen LogP contribution is -2.02. The van der Waals surface area contributed by atoms with Crippen LogP contribution in [-0.2, 0) is 22.5 Å². The van der Waals surface area contributed by atoms with Crippen molar-refractivity contribution >= 4 is 23.0 Å². The van der Waals surface area contributed by atoms with E-state index in [9.17, 15) is 13.6 Å². The minimum atomic E-state index is -0.890. The number of anilines is 1. The second-order valence-electron chi connectivity index (χ2n) is 4.08. The van der Waals surface area contributed by atoms with Gasteiger partial charge in [-0.1, -0.05) is 6.07 Å². The molecule has 3 nitrogen and oxygen atoms in total. The first-order chi connectivity index (χ1) is 9.60. The van der Waals surface area contributed by atoms with Crippen molar-refractivity contribution < 1.29 is 18.3 Å². The van der Waals surface area contributed by atoms with Crippen molar-refractivity contribution in [1.29, 1.82) is 0 Å². The fourth-order valence-corrected chi connectivity index (χ4v) is 2.59. The molecule has 0 fully saturated rings. The summed E-state index contributed by atoms with van der Waals surface area (Å²) < 4.78 is 31.0. The molecule has 0 unspecified atom stereocenters. The van der Waals surface area contributed by atoms with Crippen LogP contribution in [0.5, 0.6) is 0 Å². The molecule has 0 aliphatic carbocycles. The topological polar surface area (TPSA) is 38.3 Å². The summed E-state index contributed by atoms with van der Waals surface area (Å²) in [6, 6.07) is 7.65. The number of carbonyl (C=O) groups is 1. The summed E-state index contributed by atoms with van der Waals surface area (Å²) in [5.41, 5.74) is 0.118. The number of carbonyl (C=O) groups excluding carboxylic acids is 1. The smallest absolute Gasteiger partial charge is 0.310 e. The lowest BCUT2D eigenvalue weighted by atomic mass is 10.3. The van der Waals surface area contributed by atoms with Gasteiger partial charge in [0.05, 0.1) is 19.2 Å². The standard InChI is InChI=1S/C14H13F2NO2S/c1-19-13(18)7-9-5-6-10(20-9)8-17-12-4-2-3-11(15)14(12)16/h2-6,17H,7-8H2,1H3. The number of hydrogen-bond donors (Lipinski definition) is 1. The molecule has 0 amide bonds. The zero-order chi connectivity index (χ0) is 14.5. The number of esters is 1. The van der Waals surface area contributed by atoms with Gasteiger partial charge in [-0.3, -0.25) is 4.79 Å². The largest absolute Gasteiger partial charge is 0.469 e. The Labute approximate surface area is 119 Å². The second kappa shape index (κ2) is 6.47. The van der Waals surface area contributed by atoms with Crippen molar-refractivity contribution in [2.24, 2.45) is 0 Å². The Morgan fingerprint density at radius 1 is 1.25 bits per heavy atom. The third-order valence-electron chi connectivity index (χ3n) is 2.67. The Kier molecular flexibility index (Phi) is 4.68. The summed E-state index contributed by atoms with van der Waals surface area (Å²) in [5, 5.41) is 2.83. The highest BCUT2D eigenvalue weighted by molar-refractivity contribution is 7.12. The SMILES string of the molecule is COC(=O)Cc1ccc(CNc2cccc(F)c2F)s1. The van der Waals surface area contributed by atoms with E-state index in [1.54, 1.807) is 0 Å². The molecule has 2 rings (SSSR count). The molecule has 2 aromatic rings. The summed E-state index contributed by atoms with van der Waals surface area (Å²) in [6.45, 7) is 0.367. The van der Waals surface area contributed by atoms with Crippen LogP contribution in [0, 0.1) is 11.6 Å². The molecule has 1 aromatic carbocycles. The van der Waals surface area contributed by atoms with Crippen LogP contribution in [0.1, 0.15) is 9.75 Å². The van der Waals surface area contributed by atoms with Gasteiger partial charge in [-0.2, -0.15) is 0 Å². The number of benzene rings is 1. The van der Waals surface area contributed by atoms with Crippen molar-refractivity contribution in [3.05, 3.63) is 51.7 Å². The van der Waals surface area contributed by atoms with Gasteiger partial charge in [-0.05, 0) is 24.3 Å². The number of halogens is 2. The molecule has 1 heterocycles. The predicted octanol–water partition coefficient (Wildman–Crippen LogP) is 3.35. The maximum atomic E-state index is 13.4. The first kappa shape index (κ1) is 14.5. The molecule has 0 aliphatic heterocycles. The number of nitrogens with one attached hydrogen (secondary N) is 1. The molecule has 0 atom stereocenters. The van der Waals surface area contributed by atoms with E-state index in [4.69, 9.17) is 0 Å². The summed E-state index contributed by atoms with van der Waals surface area (Å²) in [5.74, 6) is -2.08. The van der Waals surface area contributed by atoms with Gasteiger partial charge < -0.3 is 10.1 Å². The Balaban J connectivity index is 1.97. The maximum absolute atomic E-state index is 13.4. The highest BCUT2D eigenvalue weighted by Gasteiger charge is 2.09. The molecule has 106 valence electrons. The molecule has 0 bridgehead atoms. The highest BCUT2D eigenvalue weighted by Crippen LogP contribution is 2.21. The van der Waals surface area contributed by atoms with Crippen LogP contribution in [-0.4, -0.2) is 13.1 Å². The average Bonchev–Trinajstić information content (AvgIpc) is 2.88. The van der Waals surface area contributed by atoms with Gasteiger partial charge in [0.1, 0.15) is 0 Å². The van der Waals surface area contributed by atoms with E-state index in [2.05, 4.69) is 10.1 Å². The van der Waals surface area contributed by atoms with Crippen LogP contribution in [0.2, 0.25) is 0 Å². The lowest BCUT2D eigenvalue weighted by Gasteiger charge is -2.06. The van der Waals surface area contributed by atoms with Gasteiger partial charge in [-0.25, -0.2) is 8.78 Å². The average molecular weight is 297 g/mol. The Morgan fingerprint density at radius 2 is 2.00 bits per heavy atom. The fourth-order valence-electron chi connectivity index (χ4n) is 1.65. The van der Waals surface area contributed by atoms with Crippen molar-refractivity contribution in [3.63, 3.8) is 0 Å². The zero-order valence-corrected chi connectivity index (χ0v) is 11.6. The van der Waals surface area contributed by atoms with E-state index in [1.807, 2.05) is 12.1 Å². The van der Waals surface area contributed by atoms with Crippen molar-refractivity contribution in [1.82, 2.24) is 0 Å². The fraction of sp³-hybridized carbons (Fsp3) is 0.214. The third kappa shape index (κ3) is 3.54. The van der Waals surface area contributed by atoms with Gasteiger partial charge >= 0.3 is 5.97 Å². The molecule has 0 saturated heterocycles. The molecule has 1 aromatic heterocycles. The van der Waals surface area contributed by atoms with Crippen LogP contribution >= 0.6 is 11.3 Å². The van der Waals surface area contributed by atoms with Gasteiger partial charge in [-0.15, -0.1) is 11.3 Å². The Morgan fingerprint density at radius 3 is 2.75 bits per heavy atom. The number of ether oxygens (including phenoxy) is 1. The molecule has 0 spiro atoms. The van der Waals surface area contributed by atoms with Gasteiger partial charge in [0.2, 0.25) is 0 Å². The molecule has 20 heavy (non-hydrogen) atoms. The monoisotopic (exact) mass is 297 g/mol. The first-order valence-electron chi connectivity index (χ1n) is 5.92. The van der Waals surface area contributed by atoms with Crippen molar-refractivity contribution in [3.8, 4) is 0 Å². The summed E-state index contributed by atoms with van der Waals surface area (Å²) in [6.07, 6.45) is 0.218. The molecular formula is C14H13F2NO2S. The minimum Gasteiger partial charge on any atom is -0.469 e. The first-order valence-corrected chi connectivity index (χ1v) is 6.74. The van der Waals surface area contributed by atoms with E-state index < -0.39 is 11.6 Å². The molecule has 0 radical (unpaired) electrons. The zero-order valence-electron chi connectivity index (χ0n) is 10.8. The maximum Gasteiger partial charge on any atom is 0.310 e. The second-order valence-corrected chi connectivity index (χ2v) is 5.33. The predicted molar refractivity (Wildman–Crippen MR) is 73.7 cm³/mol. The number of hydrogen-bond acceptors (Lipinski definition) is 4. The third-order valence-corrected chi connectivity index (χ3v) is 3.75. The number of methoxy groups -OCH3 is 1. The lowest BCUT2D eigenvalue weighted by molar-refractivity contribution is -0.139. The molecule has 6 heteroatoms. The minimum absolute atomic E-state index is 0.118. The number of thiophene rings is 1.